The fraction of sp³-hybridized carbons (Fsp3) is 0.600. The van der Waals surface area contributed by atoms with Crippen LogP contribution in [-0.4, -0.2) is 60.3 Å². The van der Waals surface area contributed by atoms with Gasteiger partial charge in [-0.15, -0.1) is 0 Å². The first-order chi connectivity index (χ1) is 10.1. The van der Waals surface area contributed by atoms with Crippen molar-refractivity contribution in [3.8, 4) is 5.75 Å². The Labute approximate surface area is 135 Å². The van der Waals surface area contributed by atoms with E-state index in [0.29, 0.717) is 22.6 Å². The van der Waals surface area contributed by atoms with Crippen LogP contribution in [0.15, 0.2) is 12.1 Å². The van der Waals surface area contributed by atoms with Crippen molar-refractivity contribution < 1.29 is 9.84 Å². The molecule has 21 heavy (non-hydrogen) atoms. The Morgan fingerprint density at radius 3 is 2.71 bits per heavy atom. The van der Waals surface area contributed by atoms with E-state index in [1.165, 1.54) is 0 Å². The smallest absolute Gasteiger partial charge is 0.138 e. The predicted molar refractivity (Wildman–Crippen MR) is 84.2 cm³/mol. The highest BCUT2D eigenvalue weighted by Crippen LogP contribution is 2.32. The van der Waals surface area contributed by atoms with Crippen molar-refractivity contribution in [2.75, 3.05) is 39.4 Å². The minimum Gasteiger partial charge on any atom is -0.506 e. The molecule has 1 N–H and O–H groups in total. The Kier molecular flexibility index (Phi) is 4.92. The quantitative estimate of drug-likeness (QED) is 0.924. The lowest BCUT2D eigenvalue weighted by Gasteiger charge is -2.32. The van der Waals surface area contributed by atoms with Crippen molar-refractivity contribution in [3.05, 3.63) is 27.7 Å². The number of phenols is 1. The van der Waals surface area contributed by atoms with E-state index in [-0.39, 0.29) is 5.75 Å². The molecule has 0 radical (unpaired) electrons. The van der Waals surface area contributed by atoms with Gasteiger partial charge in [-0.05, 0) is 18.6 Å². The van der Waals surface area contributed by atoms with Crippen LogP contribution < -0.4 is 0 Å². The average molecular weight is 331 g/mol. The van der Waals surface area contributed by atoms with Crippen LogP contribution in [0.3, 0.4) is 0 Å². The van der Waals surface area contributed by atoms with Crippen molar-refractivity contribution in [1.82, 2.24) is 9.80 Å². The van der Waals surface area contributed by atoms with Gasteiger partial charge in [-0.1, -0.05) is 23.2 Å². The van der Waals surface area contributed by atoms with E-state index in [4.69, 9.17) is 27.9 Å². The number of ether oxygens (including phenoxy) is 1. The molecule has 0 aliphatic carbocycles. The zero-order valence-electron chi connectivity index (χ0n) is 11.9. The lowest BCUT2D eigenvalue weighted by Crippen LogP contribution is -2.44. The molecule has 0 amide bonds. The third-order valence-electron chi connectivity index (χ3n) is 4.31. The fourth-order valence-corrected chi connectivity index (χ4v) is 3.71. The number of hydrogen-bond acceptors (Lipinski definition) is 4. The van der Waals surface area contributed by atoms with Gasteiger partial charge in [-0.2, -0.15) is 0 Å². The number of rotatable bonds is 3. The summed E-state index contributed by atoms with van der Waals surface area (Å²) in [6.45, 7) is 6.45. The molecule has 0 aromatic heterocycles. The van der Waals surface area contributed by atoms with Crippen LogP contribution in [0.5, 0.6) is 5.75 Å². The van der Waals surface area contributed by atoms with Gasteiger partial charge < -0.3 is 9.84 Å². The zero-order valence-corrected chi connectivity index (χ0v) is 13.4. The van der Waals surface area contributed by atoms with E-state index in [1.54, 1.807) is 12.1 Å². The molecule has 6 heteroatoms. The summed E-state index contributed by atoms with van der Waals surface area (Å²) in [6, 6.07) is 3.96. The van der Waals surface area contributed by atoms with E-state index in [9.17, 15) is 5.11 Å². The van der Waals surface area contributed by atoms with Crippen LogP contribution in [0.4, 0.5) is 0 Å². The van der Waals surface area contributed by atoms with Gasteiger partial charge in [0.15, 0.2) is 0 Å². The molecule has 2 aliphatic heterocycles. The second-order valence-corrected chi connectivity index (χ2v) is 6.56. The largest absolute Gasteiger partial charge is 0.506 e. The maximum Gasteiger partial charge on any atom is 0.138 e. The number of nitrogens with zero attached hydrogens (tertiary/aromatic N) is 2. The van der Waals surface area contributed by atoms with Crippen LogP contribution in [0.1, 0.15) is 12.0 Å². The molecule has 0 bridgehead atoms. The summed E-state index contributed by atoms with van der Waals surface area (Å²) in [7, 11) is 0. The summed E-state index contributed by atoms with van der Waals surface area (Å²) >= 11 is 12.0. The number of benzene rings is 1. The molecule has 4 nitrogen and oxygen atoms in total. The predicted octanol–water partition coefficient (Wildman–Crippen LogP) is 2.61. The number of morpholine rings is 1. The summed E-state index contributed by atoms with van der Waals surface area (Å²) < 4.78 is 5.41. The highest BCUT2D eigenvalue weighted by atomic mass is 35.5. The highest BCUT2D eigenvalue weighted by Gasteiger charge is 2.29. The summed E-state index contributed by atoms with van der Waals surface area (Å²) in [5.41, 5.74) is 0.801. The van der Waals surface area contributed by atoms with Crippen LogP contribution in [0, 0.1) is 0 Å². The molecule has 116 valence electrons. The molecule has 2 saturated heterocycles. The maximum absolute atomic E-state index is 10.1. The molecule has 1 unspecified atom stereocenters. The van der Waals surface area contributed by atoms with Gasteiger partial charge >= 0.3 is 0 Å². The van der Waals surface area contributed by atoms with Gasteiger partial charge in [0.2, 0.25) is 0 Å². The third kappa shape index (κ3) is 3.63. The molecule has 2 heterocycles. The number of phenolic OH excluding ortho intramolecular Hbond substituents is 1. The first-order valence-electron chi connectivity index (χ1n) is 7.34. The lowest BCUT2D eigenvalue weighted by molar-refractivity contribution is 0.0183. The Hall–Kier alpha value is -0.520. The average Bonchev–Trinajstić information content (AvgIpc) is 2.94. The third-order valence-corrected chi connectivity index (χ3v) is 4.82. The molecule has 2 fully saturated rings. The molecule has 2 aliphatic rings. The molecule has 0 saturated carbocycles. The molecular formula is C15H20Cl2N2O2. The van der Waals surface area contributed by atoms with Crippen LogP contribution in [0.25, 0.3) is 0 Å². The van der Waals surface area contributed by atoms with Gasteiger partial charge in [0.1, 0.15) is 5.75 Å². The van der Waals surface area contributed by atoms with E-state index in [2.05, 4.69) is 9.80 Å². The highest BCUT2D eigenvalue weighted by molar-refractivity contribution is 6.35. The van der Waals surface area contributed by atoms with Gasteiger partial charge in [-0.25, -0.2) is 0 Å². The van der Waals surface area contributed by atoms with Crippen LogP contribution >= 0.6 is 23.2 Å². The molecule has 1 aromatic carbocycles. The van der Waals surface area contributed by atoms with Crippen LogP contribution in [0.2, 0.25) is 10.0 Å². The van der Waals surface area contributed by atoms with E-state index in [0.717, 1.165) is 51.4 Å². The zero-order chi connectivity index (χ0) is 14.8. The van der Waals surface area contributed by atoms with Gasteiger partial charge in [0, 0.05) is 49.4 Å². The number of hydrogen-bond donors (Lipinski definition) is 1. The first-order valence-corrected chi connectivity index (χ1v) is 8.10. The Morgan fingerprint density at radius 1 is 1.19 bits per heavy atom. The lowest BCUT2D eigenvalue weighted by atomic mass is 10.2. The summed E-state index contributed by atoms with van der Waals surface area (Å²) in [5, 5.41) is 10.9. The Morgan fingerprint density at radius 2 is 1.95 bits per heavy atom. The monoisotopic (exact) mass is 330 g/mol. The topological polar surface area (TPSA) is 35.9 Å². The minimum atomic E-state index is 0.149. The van der Waals surface area contributed by atoms with Crippen molar-refractivity contribution in [2.24, 2.45) is 0 Å². The summed E-state index contributed by atoms with van der Waals surface area (Å²) in [6.07, 6.45) is 1.16. The van der Waals surface area contributed by atoms with Gasteiger partial charge in [-0.3, -0.25) is 9.80 Å². The SMILES string of the molecule is Oc1c(Cl)cc(Cl)cc1CN1CCC(N2CCOCC2)C1. The molecule has 1 atom stereocenters. The normalized spacial score (nSPS) is 24.6. The summed E-state index contributed by atoms with van der Waals surface area (Å²) in [5.74, 6) is 0.149. The van der Waals surface area contributed by atoms with Crippen molar-refractivity contribution in [3.63, 3.8) is 0 Å². The number of aromatic hydroxyl groups is 1. The van der Waals surface area contributed by atoms with E-state index < -0.39 is 0 Å². The Bertz CT molecular complexity index is 507. The standard InChI is InChI=1S/C15H20Cl2N2O2/c16-12-7-11(15(20)14(17)8-12)9-18-2-1-13(10-18)19-3-5-21-6-4-19/h7-8,13,20H,1-6,9-10H2. The van der Waals surface area contributed by atoms with Crippen molar-refractivity contribution >= 4 is 23.2 Å². The second-order valence-electron chi connectivity index (χ2n) is 5.72. The second kappa shape index (κ2) is 6.71. The van der Waals surface area contributed by atoms with E-state index in [1.807, 2.05) is 0 Å². The van der Waals surface area contributed by atoms with Crippen molar-refractivity contribution in [1.29, 1.82) is 0 Å². The maximum atomic E-state index is 10.1. The van der Waals surface area contributed by atoms with E-state index >= 15 is 0 Å². The first kappa shape index (κ1) is 15.4. The minimum absolute atomic E-state index is 0.149. The van der Waals surface area contributed by atoms with Gasteiger partial charge in [0.25, 0.3) is 0 Å². The van der Waals surface area contributed by atoms with Crippen molar-refractivity contribution in [2.45, 2.75) is 19.0 Å². The molecule has 3 rings (SSSR count). The molecule has 1 aromatic rings. The molecular weight excluding hydrogens is 311 g/mol. The fourth-order valence-electron chi connectivity index (χ4n) is 3.18. The number of likely N-dealkylation sites (tertiary alicyclic amines) is 1. The van der Waals surface area contributed by atoms with Crippen LogP contribution in [-0.2, 0) is 11.3 Å². The summed E-state index contributed by atoms with van der Waals surface area (Å²) in [4.78, 5) is 4.86. The number of halogens is 2. The molecule has 0 spiro atoms. The van der Waals surface area contributed by atoms with Gasteiger partial charge in [0.05, 0.1) is 18.2 Å². The Balaban J connectivity index is 1.62.